The molecule has 2 heterocycles. The molecule has 2 aromatic rings. The van der Waals surface area contributed by atoms with E-state index in [0.717, 1.165) is 37.3 Å². The molecule has 1 saturated heterocycles. The lowest BCUT2D eigenvalue weighted by Crippen LogP contribution is -2.48. The van der Waals surface area contributed by atoms with Crippen LogP contribution >= 0.6 is 0 Å². The number of benzene rings is 1. The van der Waals surface area contributed by atoms with Crippen molar-refractivity contribution in [2.24, 2.45) is 0 Å². The summed E-state index contributed by atoms with van der Waals surface area (Å²) >= 11 is 0. The first-order valence-corrected chi connectivity index (χ1v) is 8.35. The van der Waals surface area contributed by atoms with Gasteiger partial charge in [-0.15, -0.1) is 0 Å². The molecule has 1 aliphatic rings. The smallest absolute Gasteiger partial charge is 0.247 e. The normalized spacial score (nSPS) is 17.4. The van der Waals surface area contributed by atoms with Crippen LogP contribution in [0.5, 0.6) is 0 Å². The minimum atomic E-state index is -0.290. The number of rotatable bonds is 4. The first-order valence-electron chi connectivity index (χ1n) is 8.35. The summed E-state index contributed by atoms with van der Waals surface area (Å²) in [5, 5.41) is 3.01. The molecule has 1 fully saturated rings. The molecular weight excluding hydrogens is 300 g/mol. The van der Waals surface area contributed by atoms with Crippen molar-refractivity contribution < 1.29 is 4.79 Å². The van der Waals surface area contributed by atoms with E-state index in [1.54, 1.807) is 6.20 Å². The molecule has 5 nitrogen and oxygen atoms in total. The van der Waals surface area contributed by atoms with Crippen molar-refractivity contribution in [1.82, 2.24) is 14.8 Å². The Morgan fingerprint density at radius 1 is 1.08 bits per heavy atom. The van der Waals surface area contributed by atoms with Gasteiger partial charge >= 0.3 is 0 Å². The molecule has 1 aliphatic heterocycles. The van der Waals surface area contributed by atoms with Gasteiger partial charge in [0.25, 0.3) is 0 Å². The molecule has 0 unspecified atom stereocenters. The Hall–Kier alpha value is -2.24. The predicted molar refractivity (Wildman–Crippen MR) is 95.9 cm³/mol. The first-order chi connectivity index (χ1) is 11.6. The molecule has 0 saturated carbocycles. The lowest BCUT2D eigenvalue weighted by Gasteiger charge is -2.37. The molecule has 1 aromatic heterocycles. The van der Waals surface area contributed by atoms with Crippen LogP contribution in [0.4, 0.5) is 5.82 Å². The maximum atomic E-state index is 13.0. The highest BCUT2D eigenvalue weighted by molar-refractivity contribution is 5.95. The molecule has 0 spiro atoms. The molecule has 24 heavy (non-hydrogen) atoms. The minimum absolute atomic E-state index is 0.0208. The molecular formula is C19H24N4O. The largest absolute Gasteiger partial charge is 0.309 e. The summed E-state index contributed by atoms with van der Waals surface area (Å²) in [5.41, 5.74) is 1.99. The number of likely N-dealkylation sites (N-methyl/N-ethyl adjacent to an activating group) is 1. The summed E-state index contributed by atoms with van der Waals surface area (Å²) in [7, 11) is 2.12. The summed E-state index contributed by atoms with van der Waals surface area (Å²) in [6.45, 7) is 5.66. The van der Waals surface area contributed by atoms with Gasteiger partial charge in [-0.2, -0.15) is 0 Å². The number of anilines is 1. The van der Waals surface area contributed by atoms with Crippen molar-refractivity contribution in [3.63, 3.8) is 0 Å². The van der Waals surface area contributed by atoms with Gasteiger partial charge in [0.2, 0.25) is 5.91 Å². The lowest BCUT2D eigenvalue weighted by atomic mass is 10.0. The highest BCUT2D eigenvalue weighted by Crippen LogP contribution is 2.24. The summed E-state index contributed by atoms with van der Waals surface area (Å²) in [5.74, 6) is 0.616. The van der Waals surface area contributed by atoms with Crippen LogP contribution in [-0.2, 0) is 4.79 Å². The van der Waals surface area contributed by atoms with E-state index < -0.39 is 0 Å². The van der Waals surface area contributed by atoms with Crippen LogP contribution in [0.25, 0.3) is 0 Å². The Morgan fingerprint density at radius 3 is 2.46 bits per heavy atom. The molecule has 126 valence electrons. The third-order valence-electron chi connectivity index (χ3n) is 4.52. The highest BCUT2D eigenvalue weighted by atomic mass is 16.2. The number of aromatic nitrogens is 1. The number of amides is 1. The third-order valence-corrected chi connectivity index (χ3v) is 4.52. The Kier molecular flexibility index (Phi) is 5.23. The second-order valence-corrected chi connectivity index (χ2v) is 6.31. The van der Waals surface area contributed by atoms with E-state index >= 15 is 0 Å². The topological polar surface area (TPSA) is 48.5 Å². The fourth-order valence-corrected chi connectivity index (χ4v) is 3.05. The fourth-order valence-electron chi connectivity index (χ4n) is 3.05. The second-order valence-electron chi connectivity index (χ2n) is 6.31. The maximum Gasteiger partial charge on any atom is 0.247 e. The average Bonchev–Trinajstić information content (AvgIpc) is 2.60. The van der Waals surface area contributed by atoms with E-state index in [0.29, 0.717) is 5.82 Å². The zero-order chi connectivity index (χ0) is 16.9. The number of hydrogen-bond donors (Lipinski definition) is 1. The standard InChI is InChI=1S/C19H24N4O/c1-15-7-6-10-20-18(15)21-19(24)17(16-8-4-3-5-9-16)23-13-11-22(2)12-14-23/h3-10,17H,11-14H2,1-2H3,(H,20,21,24)/t17-/m1/s1. The molecule has 1 atom stereocenters. The summed E-state index contributed by atoms with van der Waals surface area (Å²) < 4.78 is 0. The van der Waals surface area contributed by atoms with Crippen molar-refractivity contribution in [2.75, 3.05) is 38.5 Å². The van der Waals surface area contributed by atoms with Crippen molar-refractivity contribution in [1.29, 1.82) is 0 Å². The predicted octanol–water partition coefficient (Wildman–Crippen LogP) is 2.32. The van der Waals surface area contributed by atoms with Crippen molar-refractivity contribution in [2.45, 2.75) is 13.0 Å². The van der Waals surface area contributed by atoms with Gasteiger partial charge in [-0.05, 0) is 31.2 Å². The van der Waals surface area contributed by atoms with E-state index in [2.05, 4.69) is 27.1 Å². The van der Waals surface area contributed by atoms with Crippen LogP contribution < -0.4 is 5.32 Å². The molecule has 3 rings (SSSR count). The van der Waals surface area contributed by atoms with Gasteiger partial charge in [0.05, 0.1) is 0 Å². The van der Waals surface area contributed by atoms with Gasteiger partial charge < -0.3 is 10.2 Å². The van der Waals surface area contributed by atoms with Crippen LogP contribution in [0.1, 0.15) is 17.2 Å². The summed E-state index contributed by atoms with van der Waals surface area (Å²) in [6, 6.07) is 13.5. The first kappa shape index (κ1) is 16.6. The summed E-state index contributed by atoms with van der Waals surface area (Å²) in [6.07, 6.45) is 1.70. The molecule has 1 aromatic carbocycles. The lowest BCUT2D eigenvalue weighted by molar-refractivity contribution is -0.122. The minimum Gasteiger partial charge on any atom is -0.309 e. The quantitative estimate of drug-likeness (QED) is 0.938. The van der Waals surface area contributed by atoms with Gasteiger partial charge in [0.15, 0.2) is 0 Å². The average molecular weight is 324 g/mol. The third kappa shape index (κ3) is 3.80. The number of carbonyl (C=O) groups is 1. The number of aryl methyl sites for hydroxylation is 1. The zero-order valence-electron chi connectivity index (χ0n) is 14.3. The van der Waals surface area contributed by atoms with Crippen molar-refractivity contribution >= 4 is 11.7 Å². The van der Waals surface area contributed by atoms with E-state index in [4.69, 9.17) is 0 Å². The zero-order valence-corrected chi connectivity index (χ0v) is 14.3. The fraction of sp³-hybridized carbons (Fsp3) is 0.368. The van der Waals surface area contributed by atoms with Crippen molar-refractivity contribution in [3.8, 4) is 0 Å². The van der Waals surface area contributed by atoms with E-state index in [-0.39, 0.29) is 11.9 Å². The molecule has 1 N–H and O–H groups in total. The summed E-state index contributed by atoms with van der Waals surface area (Å²) in [4.78, 5) is 21.9. The molecule has 0 radical (unpaired) electrons. The SMILES string of the molecule is Cc1cccnc1NC(=O)[C@@H](c1ccccc1)N1CCN(C)CC1. The van der Waals surface area contributed by atoms with E-state index in [1.807, 2.05) is 49.4 Å². The number of carbonyl (C=O) groups excluding carboxylic acids is 1. The molecule has 5 heteroatoms. The Bertz CT molecular complexity index is 681. The van der Waals surface area contributed by atoms with Crippen molar-refractivity contribution in [3.05, 3.63) is 59.8 Å². The number of pyridine rings is 1. The van der Waals surface area contributed by atoms with Crippen LogP contribution in [-0.4, -0.2) is 53.9 Å². The van der Waals surface area contributed by atoms with Crippen LogP contribution in [0.15, 0.2) is 48.7 Å². The van der Waals surface area contributed by atoms with Crippen LogP contribution in [0, 0.1) is 6.92 Å². The highest BCUT2D eigenvalue weighted by Gasteiger charge is 2.30. The Balaban J connectivity index is 1.84. The number of hydrogen-bond acceptors (Lipinski definition) is 4. The van der Waals surface area contributed by atoms with Gasteiger partial charge in [0, 0.05) is 32.4 Å². The molecule has 0 bridgehead atoms. The number of nitrogens with zero attached hydrogens (tertiary/aromatic N) is 3. The van der Waals surface area contributed by atoms with Gasteiger partial charge in [0.1, 0.15) is 11.9 Å². The number of nitrogens with one attached hydrogen (secondary N) is 1. The van der Waals surface area contributed by atoms with Crippen LogP contribution in [0.3, 0.4) is 0 Å². The van der Waals surface area contributed by atoms with Gasteiger partial charge in [-0.3, -0.25) is 9.69 Å². The second kappa shape index (κ2) is 7.55. The van der Waals surface area contributed by atoms with Gasteiger partial charge in [-0.25, -0.2) is 4.98 Å². The molecule has 0 aliphatic carbocycles. The molecule has 1 amide bonds. The maximum absolute atomic E-state index is 13.0. The monoisotopic (exact) mass is 324 g/mol. The number of piperazine rings is 1. The Morgan fingerprint density at radius 2 is 1.79 bits per heavy atom. The van der Waals surface area contributed by atoms with E-state index in [1.165, 1.54) is 0 Å². The van der Waals surface area contributed by atoms with Gasteiger partial charge in [-0.1, -0.05) is 36.4 Å². The van der Waals surface area contributed by atoms with E-state index in [9.17, 15) is 4.79 Å². The van der Waals surface area contributed by atoms with Crippen LogP contribution in [0.2, 0.25) is 0 Å². The Labute approximate surface area is 143 Å².